The Morgan fingerprint density at radius 1 is 1.32 bits per heavy atom. The van der Waals surface area contributed by atoms with Crippen molar-refractivity contribution in [2.75, 3.05) is 19.8 Å². The van der Waals surface area contributed by atoms with E-state index in [2.05, 4.69) is 38.2 Å². The Labute approximate surface area is 117 Å². The lowest BCUT2D eigenvalue weighted by Gasteiger charge is -2.24. The molecule has 0 atom stereocenters. The SMILES string of the molecule is CCCOc1cccc(CNCC(C)(C)CCO)c1. The Hall–Kier alpha value is -1.06. The Morgan fingerprint density at radius 2 is 2.11 bits per heavy atom. The molecule has 0 saturated carbocycles. The van der Waals surface area contributed by atoms with E-state index in [1.807, 2.05) is 12.1 Å². The smallest absolute Gasteiger partial charge is 0.119 e. The van der Waals surface area contributed by atoms with Crippen LogP contribution in [0.15, 0.2) is 24.3 Å². The van der Waals surface area contributed by atoms with Crippen LogP contribution in [0, 0.1) is 5.41 Å². The molecule has 2 N–H and O–H groups in total. The number of ether oxygens (including phenoxy) is 1. The van der Waals surface area contributed by atoms with Crippen LogP contribution in [-0.2, 0) is 6.54 Å². The van der Waals surface area contributed by atoms with E-state index in [1.165, 1.54) is 5.56 Å². The van der Waals surface area contributed by atoms with Gasteiger partial charge in [-0.3, -0.25) is 0 Å². The van der Waals surface area contributed by atoms with Crippen molar-refractivity contribution in [1.82, 2.24) is 5.32 Å². The molecule has 19 heavy (non-hydrogen) atoms. The number of aliphatic hydroxyl groups excluding tert-OH is 1. The number of benzene rings is 1. The third kappa shape index (κ3) is 6.60. The van der Waals surface area contributed by atoms with Gasteiger partial charge in [0.1, 0.15) is 5.75 Å². The minimum Gasteiger partial charge on any atom is -0.494 e. The van der Waals surface area contributed by atoms with Crippen LogP contribution < -0.4 is 10.1 Å². The highest BCUT2D eigenvalue weighted by molar-refractivity contribution is 5.28. The fraction of sp³-hybridized carbons (Fsp3) is 0.625. The highest BCUT2D eigenvalue weighted by atomic mass is 16.5. The number of hydrogen-bond acceptors (Lipinski definition) is 3. The number of hydrogen-bond donors (Lipinski definition) is 2. The first-order chi connectivity index (χ1) is 9.07. The zero-order valence-corrected chi connectivity index (χ0v) is 12.4. The lowest BCUT2D eigenvalue weighted by molar-refractivity contribution is 0.207. The van der Waals surface area contributed by atoms with Crippen molar-refractivity contribution in [2.24, 2.45) is 5.41 Å². The molecule has 0 aromatic heterocycles. The molecule has 3 heteroatoms. The van der Waals surface area contributed by atoms with Crippen LogP contribution in [0.4, 0.5) is 0 Å². The molecule has 108 valence electrons. The minimum atomic E-state index is 0.130. The minimum absolute atomic E-state index is 0.130. The van der Waals surface area contributed by atoms with Gasteiger partial charge in [-0.1, -0.05) is 32.9 Å². The summed E-state index contributed by atoms with van der Waals surface area (Å²) in [6.07, 6.45) is 1.84. The first-order valence-electron chi connectivity index (χ1n) is 7.11. The Bertz CT molecular complexity index is 364. The van der Waals surface area contributed by atoms with Crippen LogP contribution in [0.2, 0.25) is 0 Å². The third-order valence-electron chi connectivity index (χ3n) is 3.09. The summed E-state index contributed by atoms with van der Waals surface area (Å²) in [6, 6.07) is 8.21. The zero-order chi connectivity index (χ0) is 14.1. The van der Waals surface area contributed by atoms with Crippen molar-refractivity contribution in [1.29, 1.82) is 0 Å². The fourth-order valence-corrected chi connectivity index (χ4v) is 1.90. The lowest BCUT2D eigenvalue weighted by Crippen LogP contribution is -2.29. The van der Waals surface area contributed by atoms with Gasteiger partial charge in [-0.25, -0.2) is 0 Å². The van der Waals surface area contributed by atoms with E-state index >= 15 is 0 Å². The molecule has 0 fully saturated rings. The van der Waals surface area contributed by atoms with Gasteiger partial charge in [0.05, 0.1) is 6.61 Å². The van der Waals surface area contributed by atoms with E-state index < -0.39 is 0 Å². The maximum Gasteiger partial charge on any atom is 0.119 e. The summed E-state index contributed by atoms with van der Waals surface area (Å²) in [5.41, 5.74) is 1.36. The number of aliphatic hydroxyl groups is 1. The van der Waals surface area contributed by atoms with Gasteiger partial charge in [-0.15, -0.1) is 0 Å². The first kappa shape index (κ1) is 16.0. The molecule has 0 spiro atoms. The van der Waals surface area contributed by atoms with E-state index in [9.17, 15) is 0 Å². The fourth-order valence-electron chi connectivity index (χ4n) is 1.90. The van der Waals surface area contributed by atoms with E-state index in [0.29, 0.717) is 0 Å². The number of nitrogens with one attached hydrogen (secondary N) is 1. The third-order valence-corrected chi connectivity index (χ3v) is 3.09. The van der Waals surface area contributed by atoms with Crippen molar-refractivity contribution >= 4 is 0 Å². The molecule has 0 amide bonds. The average molecular weight is 265 g/mol. The van der Waals surface area contributed by atoms with Crippen LogP contribution in [-0.4, -0.2) is 24.9 Å². The quantitative estimate of drug-likeness (QED) is 0.721. The largest absolute Gasteiger partial charge is 0.494 e. The van der Waals surface area contributed by atoms with Crippen LogP contribution in [0.1, 0.15) is 39.2 Å². The second kappa shape index (κ2) is 8.18. The summed E-state index contributed by atoms with van der Waals surface area (Å²) in [7, 11) is 0. The number of rotatable bonds is 9. The molecule has 0 heterocycles. The molecule has 1 rings (SSSR count). The zero-order valence-electron chi connectivity index (χ0n) is 12.4. The van der Waals surface area contributed by atoms with Crippen molar-refractivity contribution in [3.8, 4) is 5.75 Å². The predicted octanol–water partition coefficient (Wildman–Crippen LogP) is 2.97. The molecule has 0 bridgehead atoms. The van der Waals surface area contributed by atoms with Crippen LogP contribution in [0.5, 0.6) is 5.75 Å². The highest BCUT2D eigenvalue weighted by Crippen LogP contribution is 2.19. The molecule has 0 unspecified atom stereocenters. The van der Waals surface area contributed by atoms with Crippen LogP contribution >= 0.6 is 0 Å². The Balaban J connectivity index is 2.40. The van der Waals surface area contributed by atoms with Crippen molar-refractivity contribution in [3.63, 3.8) is 0 Å². The molecular formula is C16H27NO2. The summed E-state index contributed by atoms with van der Waals surface area (Å²) in [5, 5.41) is 12.4. The van der Waals surface area contributed by atoms with E-state index in [1.54, 1.807) is 0 Å². The van der Waals surface area contributed by atoms with Crippen molar-refractivity contribution in [3.05, 3.63) is 29.8 Å². The topological polar surface area (TPSA) is 41.5 Å². The second-order valence-corrected chi connectivity index (χ2v) is 5.74. The molecule has 3 nitrogen and oxygen atoms in total. The molecule has 1 aromatic carbocycles. The van der Waals surface area contributed by atoms with Gasteiger partial charge in [0.2, 0.25) is 0 Å². The lowest BCUT2D eigenvalue weighted by atomic mass is 9.90. The van der Waals surface area contributed by atoms with Gasteiger partial charge >= 0.3 is 0 Å². The van der Waals surface area contributed by atoms with Crippen LogP contribution in [0.3, 0.4) is 0 Å². The first-order valence-corrected chi connectivity index (χ1v) is 7.11. The summed E-state index contributed by atoms with van der Waals surface area (Å²) in [4.78, 5) is 0. The average Bonchev–Trinajstić information content (AvgIpc) is 2.36. The highest BCUT2D eigenvalue weighted by Gasteiger charge is 2.16. The van der Waals surface area contributed by atoms with E-state index in [0.717, 1.165) is 38.3 Å². The maximum absolute atomic E-state index is 8.99. The normalized spacial score (nSPS) is 11.6. The Morgan fingerprint density at radius 3 is 2.79 bits per heavy atom. The van der Waals surface area contributed by atoms with Crippen molar-refractivity contribution < 1.29 is 9.84 Å². The van der Waals surface area contributed by atoms with Gasteiger partial charge < -0.3 is 15.2 Å². The summed E-state index contributed by atoms with van der Waals surface area (Å²) < 4.78 is 5.62. The Kier molecular flexibility index (Phi) is 6.89. The standard InChI is InChI=1S/C16H27NO2/c1-4-10-19-15-7-5-6-14(11-15)12-17-13-16(2,3)8-9-18/h5-7,11,17-18H,4,8-10,12-13H2,1-3H3. The molecule has 1 aromatic rings. The van der Waals surface area contributed by atoms with Gasteiger partial charge in [0, 0.05) is 19.7 Å². The molecule has 0 aliphatic rings. The molecule has 0 radical (unpaired) electrons. The molecule has 0 aliphatic heterocycles. The second-order valence-electron chi connectivity index (χ2n) is 5.74. The van der Waals surface area contributed by atoms with Crippen LogP contribution in [0.25, 0.3) is 0 Å². The van der Waals surface area contributed by atoms with Gasteiger partial charge in [0.15, 0.2) is 0 Å². The van der Waals surface area contributed by atoms with Gasteiger partial charge in [0.25, 0.3) is 0 Å². The molecular weight excluding hydrogens is 238 g/mol. The molecule has 0 aliphatic carbocycles. The predicted molar refractivity (Wildman–Crippen MR) is 79.4 cm³/mol. The van der Waals surface area contributed by atoms with E-state index in [4.69, 9.17) is 9.84 Å². The summed E-state index contributed by atoms with van der Waals surface area (Å²) in [5.74, 6) is 0.941. The van der Waals surface area contributed by atoms with E-state index in [-0.39, 0.29) is 12.0 Å². The monoisotopic (exact) mass is 265 g/mol. The maximum atomic E-state index is 8.99. The van der Waals surface area contributed by atoms with Gasteiger partial charge in [-0.2, -0.15) is 0 Å². The molecule has 0 saturated heterocycles. The van der Waals surface area contributed by atoms with Gasteiger partial charge in [-0.05, 0) is 36.0 Å². The summed E-state index contributed by atoms with van der Waals surface area (Å²) >= 11 is 0. The summed E-state index contributed by atoms with van der Waals surface area (Å²) in [6.45, 7) is 9.17. The van der Waals surface area contributed by atoms with Crippen molar-refractivity contribution in [2.45, 2.75) is 40.2 Å².